The summed E-state index contributed by atoms with van der Waals surface area (Å²) in [5.41, 5.74) is 2.02. The van der Waals surface area contributed by atoms with E-state index >= 15 is 0 Å². The van der Waals surface area contributed by atoms with Crippen LogP contribution in [0.15, 0.2) is 61.1 Å². The molecule has 0 saturated carbocycles. The molecule has 1 aliphatic rings. The minimum absolute atomic E-state index is 0.464. The predicted octanol–water partition coefficient (Wildman–Crippen LogP) is 3.88. The van der Waals surface area contributed by atoms with Crippen molar-refractivity contribution < 1.29 is 9.47 Å². The Hall–Kier alpha value is -2.66. The van der Waals surface area contributed by atoms with Crippen LogP contribution in [0.1, 0.15) is 24.6 Å². The summed E-state index contributed by atoms with van der Waals surface area (Å²) in [5, 5.41) is 0. The van der Waals surface area contributed by atoms with Crippen molar-refractivity contribution in [2.24, 2.45) is 0 Å². The monoisotopic (exact) mass is 335 g/mol. The molecule has 2 aromatic heterocycles. The number of nitrogens with zero attached hydrogens (tertiary/aromatic N) is 3. The summed E-state index contributed by atoms with van der Waals surface area (Å²) in [5.74, 6) is 1.83. The number of rotatable bonds is 5. The van der Waals surface area contributed by atoms with Crippen LogP contribution >= 0.6 is 0 Å². The molecule has 4 rings (SSSR count). The molecule has 0 radical (unpaired) electrons. The van der Waals surface area contributed by atoms with Gasteiger partial charge in [0.1, 0.15) is 18.2 Å². The average molecular weight is 335 g/mol. The number of hydrogen-bond acceptors (Lipinski definition) is 4. The van der Waals surface area contributed by atoms with Gasteiger partial charge in [0.15, 0.2) is 0 Å². The summed E-state index contributed by atoms with van der Waals surface area (Å²) in [4.78, 5) is 8.82. The Balaban J connectivity index is 1.46. The molecule has 1 saturated heterocycles. The van der Waals surface area contributed by atoms with E-state index in [-0.39, 0.29) is 0 Å². The van der Waals surface area contributed by atoms with E-state index in [1.807, 2.05) is 36.5 Å². The molecule has 1 aliphatic heterocycles. The van der Waals surface area contributed by atoms with Crippen molar-refractivity contribution in [3.63, 3.8) is 0 Å². The molecule has 5 heteroatoms. The highest BCUT2D eigenvalue weighted by Crippen LogP contribution is 2.28. The van der Waals surface area contributed by atoms with Crippen LogP contribution in [-0.2, 0) is 11.3 Å². The molecule has 0 bridgehead atoms. The molecule has 3 heterocycles. The molecule has 25 heavy (non-hydrogen) atoms. The minimum atomic E-state index is 0.464. The molecule has 0 spiro atoms. The first-order valence-corrected chi connectivity index (χ1v) is 8.64. The molecule has 3 aromatic rings. The second-order valence-electron chi connectivity index (χ2n) is 6.14. The smallest absolute Gasteiger partial charge is 0.140 e. The lowest BCUT2D eigenvalue weighted by Crippen LogP contribution is -2.19. The Kier molecular flexibility index (Phi) is 4.74. The maximum Gasteiger partial charge on any atom is 0.140 e. The fraction of sp³-hybridized carbons (Fsp3) is 0.300. The van der Waals surface area contributed by atoms with Gasteiger partial charge in [0.2, 0.25) is 0 Å². The Labute approximate surface area is 147 Å². The van der Waals surface area contributed by atoms with E-state index in [1.165, 1.54) is 0 Å². The van der Waals surface area contributed by atoms with Crippen LogP contribution in [0.5, 0.6) is 5.75 Å². The van der Waals surface area contributed by atoms with Crippen molar-refractivity contribution in [3.05, 3.63) is 66.7 Å². The zero-order valence-electron chi connectivity index (χ0n) is 14.0. The van der Waals surface area contributed by atoms with Gasteiger partial charge in [0.25, 0.3) is 0 Å². The first kappa shape index (κ1) is 15.8. The Morgan fingerprint density at radius 2 is 1.84 bits per heavy atom. The normalized spacial score (nSPS) is 15.2. The van der Waals surface area contributed by atoms with E-state index in [1.54, 1.807) is 6.20 Å². The van der Waals surface area contributed by atoms with Crippen LogP contribution in [0.4, 0.5) is 0 Å². The summed E-state index contributed by atoms with van der Waals surface area (Å²) >= 11 is 0. The van der Waals surface area contributed by atoms with Crippen LogP contribution in [0.2, 0.25) is 0 Å². The second-order valence-corrected chi connectivity index (χ2v) is 6.14. The van der Waals surface area contributed by atoms with E-state index in [4.69, 9.17) is 9.47 Å². The van der Waals surface area contributed by atoms with Crippen molar-refractivity contribution in [2.45, 2.75) is 25.5 Å². The van der Waals surface area contributed by atoms with Gasteiger partial charge in [-0.1, -0.05) is 6.07 Å². The maximum atomic E-state index is 5.80. The quantitative estimate of drug-likeness (QED) is 0.710. The molecular weight excluding hydrogens is 314 g/mol. The summed E-state index contributed by atoms with van der Waals surface area (Å²) < 4.78 is 13.5. The van der Waals surface area contributed by atoms with Crippen molar-refractivity contribution in [1.82, 2.24) is 14.5 Å². The standard InChI is InChI=1S/C20H21N3O2/c1-2-10-21-17(3-1)15-25-19-6-4-16(5-7-19)20-22-11-12-23(20)18-8-13-24-14-9-18/h1-7,10-12,18H,8-9,13-15H2. The van der Waals surface area contributed by atoms with E-state index in [2.05, 4.69) is 32.9 Å². The molecular formula is C20H21N3O2. The van der Waals surface area contributed by atoms with Gasteiger partial charge < -0.3 is 14.0 Å². The average Bonchev–Trinajstić information content (AvgIpc) is 3.18. The molecule has 1 aromatic carbocycles. The zero-order valence-corrected chi connectivity index (χ0v) is 14.0. The molecule has 0 atom stereocenters. The Morgan fingerprint density at radius 3 is 2.60 bits per heavy atom. The Morgan fingerprint density at radius 1 is 1.00 bits per heavy atom. The minimum Gasteiger partial charge on any atom is -0.487 e. The highest BCUT2D eigenvalue weighted by molar-refractivity contribution is 5.57. The van der Waals surface area contributed by atoms with Gasteiger partial charge in [-0.25, -0.2) is 4.98 Å². The second kappa shape index (κ2) is 7.49. The fourth-order valence-corrected chi connectivity index (χ4v) is 3.14. The van der Waals surface area contributed by atoms with E-state index in [9.17, 15) is 0 Å². The topological polar surface area (TPSA) is 49.2 Å². The van der Waals surface area contributed by atoms with E-state index in [0.29, 0.717) is 12.6 Å². The van der Waals surface area contributed by atoms with Gasteiger partial charge in [-0.3, -0.25) is 4.98 Å². The van der Waals surface area contributed by atoms with Gasteiger partial charge in [-0.05, 0) is 49.2 Å². The molecule has 0 unspecified atom stereocenters. The van der Waals surface area contributed by atoms with Gasteiger partial charge in [0.05, 0.1) is 5.69 Å². The van der Waals surface area contributed by atoms with Crippen molar-refractivity contribution in [3.8, 4) is 17.1 Å². The molecule has 0 amide bonds. The van der Waals surface area contributed by atoms with E-state index in [0.717, 1.165) is 48.9 Å². The molecule has 1 fully saturated rings. The number of aromatic nitrogens is 3. The van der Waals surface area contributed by atoms with Crippen molar-refractivity contribution >= 4 is 0 Å². The largest absolute Gasteiger partial charge is 0.487 e. The van der Waals surface area contributed by atoms with Crippen molar-refractivity contribution in [1.29, 1.82) is 0 Å². The SMILES string of the molecule is c1ccc(COc2ccc(-c3nccn3C3CCOCC3)cc2)nc1. The maximum absolute atomic E-state index is 5.80. The van der Waals surface area contributed by atoms with Crippen molar-refractivity contribution in [2.75, 3.05) is 13.2 Å². The number of imidazole rings is 1. The van der Waals surface area contributed by atoms with Crippen LogP contribution < -0.4 is 4.74 Å². The first-order chi connectivity index (χ1) is 12.4. The van der Waals surface area contributed by atoms with Gasteiger partial charge in [0, 0.05) is 43.4 Å². The third-order valence-electron chi connectivity index (χ3n) is 4.48. The summed E-state index contributed by atoms with van der Waals surface area (Å²) in [7, 11) is 0. The predicted molar refractivity (Wildman–Crippen MR) is 95.3 cm³/mol. The lowest BCUT2D eigenvalue weighted by Gasteiger charge is -2.25. The fourth-order valence-electron chi connectivity index (χ4n) is 3.14. The number of pyridine rings is 1. The number of benzene rings is 1. The third-order valence-corrected chi connectivity index (χ3v) is 4.48. The number of hydrogen-bond donors (Lipinski definition) is 0. The Bertz CT molecular complexity index is 793. The molecule has 0 N–H and O–H groups in total. The van der Waals surface area contributed by atoms with Gasteiger partial charge in [-0.2, -0.15) is 0 Å². The lowest BCUT2D eigenvalue weighted by atomic mass is 10.1. The number of ether oxygens (including phenoxy) is 2. The summed E-state index contributed by atoms with van der Waals surface area (Å²) in [6.45, 7) is 2.11. The third kappa shape index (κ3) is 3.72. The lowest BCUT2D eigenvalue weighted by molar-refractivity contribution is 0.0700. The van der Waals surface area contributed by atoms with Gasteiger partial charge in [-0.15, -0.1) is 0 Å². The molecule has 128 valence electrons. The zero-order chi connectivity index (χ0) is 16.9. The summed E-state index contributed by atoms with van der Waals surface area (Å²) in [6.07, 6.45) is 7.79. The van der Waals surface area contributed by atoms with Crippen LogP contribution in [0, 0.1) is 0 Å². The van der Waals surface area contributed by atoms with Crippen LogP contribution in [0.25, 0.3) is 11.4 Å². The van der Waals surface area contributed by atoms with E-state index < -0.39 is 0 Å². The first-order valence-electron chi connectivity index (χ1n) is 8.64. The summed E-state index contributed by atoms with van der Waals surface area (Å²) in [6, 6.07) is 14.4. The highest BCUT2D eigenvalue weighted by Gasteiger charge is 2.18. The van der Waals surface area contributed by atoms with Crippen LogP contribution in [-0.4, -0.2) is 27.7 Å². The highest BCUT2D eigenvalue weighted by atomic mass is 16.5. The molecule has 5 nitrogen and oxygen atoms in total. The van der Waals surface area contributed by atoms with Gasteiger partial charge >= 0.3 is 0 Å². The molecule has 0 aliphatic carbocycles. The van der Waals surface area contributed by atoms with Crippen LogP contribution in [0.3, 0.4) is 0 Å².